The van der Waals surface area contributed by atoms with Crippen molar-refractivity contribution >= 4 is 5.97 Å². The maximum Gasteiger partial charge on any atom is 0.331 e. The van der Waals surface area contributed by atoms with Gasteiger partial charge in [-0.05, 0) is 0 Å². The lowest BCUT2D eigenvalue weighted by Crippen LogP contribution is -2.29. The number of aromatic amines is 1. The number of carbonyl (C=O) groups is 1. The highest BCUT2D eigenvalue weighted by Gasteiger charge is 1.97. The van der Waals surface area contributed by atoms with Gasteiger partial charge >= 0.3 is 11.7 Å². The van der Waals surface area contributed by atoms with E-state index in [0.717, 1.165) is 4.57 Å². The van der Waals surface area contributed by atoms with Gasteiger partial charge in [-0.3, -0.25) is 19.1 Å². The Hall–Kier alpha value is -1.85. The SMILES string of the molecule is CC(=O)OCn1ccc(=O)[nH]c1=O. The van der Waals surface area contributed by atoms with Crippen LogP contribution in [-0.2, 0) is 16.3 Å². The van der Waals surface area contributed by atoms with E-state index in [4.69, 9.17) is 0 Å². The Morgan fingerprint density at radius 2 is 2.31 bits per heavy atom. The van der Waals surface area contributed by atoms with Crippen LogP contribution >= 0.6 is 0 Å². The summed E-state index contributed by atoms with van der Waals surface area (Å²) in [5, 5.41) is 0. The van der Waals surface area contributed by atoms with Gasteiger partial charge in [-0.1, -0.05) is 0 Å². The normalized spacial score (nSPS) is 9.62. The molecule has 0 aromatic carbocycles. The zero-order valence-corrected chi connectivity index (χ0v) is 6.94. The molecule has 0 saturated heterocycles. The van der Waals surface area contributed by atoms with Crippen molar-refractivity contribution in [1.29, 1.82) is 0 Å². The maximum absolute atomic E-state index is 11.0. The summed E-state index contributed by atoms with van der Waals surface area (Å²) in [7, 11) is 0. The first kappa shape index (κ1) is 9.24. The molecule has 0 saturated carbocycles. The van der Waals surface area contributed by atoms with Gasteiger partial charge in [0, 0.05) is 19.2 Å². The predicted molar refractivity (Wildman–Crippen MR) is 43.1 cm³/mol. The Balaban J connectivity index is 2.84. The molecule has 0 unspecified atom stereocenters. The van der Waals surface area contributed by atoms with Crippen LogP contribution in [0.3, 0.4) is 0 Å². The summed E-state index contributed by atoms with van der Waals surface area (Å²) >= 11 is 0. The van der Waals surface area contributed by atoms with Crippen LogP contribution < -0.4 is 11.2 Å². The summed E-state index contributed by atoms with van der Waals surface area (Å²) in [6.45, 7) is 1.04. The Labute approximate surface area is 72.8 Å². The largest absolute Gasteiger partial charge is 0.444 e. The highest BCUT2D eigenvalue weighted by atomic mass is 16.5. The molecule has 1 aromatic rings. The maximum atomic E-state index is 11.0. The van der Waals surface area contributed by atoms with E-state index < -0.39 is 17.2 Å². The van der Waals surface area contributed by atoms with Gasteiger partial charge in [0.1, 0.15) is 0 Å². The minimum absolute atomic E-state index is 0.190. The van der Waals surface area contributed by atoms with Gasteiger partial charge < -0.3 is 4.74 Å². The monoisotopic (exact) mass is 184 g/mol. The third-order valence-electron chi connectivity index (χ3n) is 1.30. The summed E-state index contributed by atoms with van der Waals surface area (Å²) in [6, 6.07) is 1.17. The van der Waals surface area contributed by atoms with Crippen molar-refractivity contribution in [2.45, 2.75) is 13.7 Å². The summed E-state index contributed by atoms with van der Waals surface area (Å²) in [5.74, 6) is -0.488. The van der Waals surface area contributed by atoms with Crippen LogP contribution in [0.1, 0.15) is 6.92 Å². The Bertz CT molecular complexity index is 417. The van der Waals surface area contributed by atoms with Crippen LogP contribution in [0.25, 0.3) is 0 Å². The second kappa shape index (κ2) is 3.70. The van der Waals surface area contributed by atoms with Gasteiger partial charge in [-0.25, -0.2) is 4.79 Å². The Morgan fingerprint density at radius 1 is 1.62 bits per heavy atom. The van der Waals surface area contributed by atoms with Crippen LogP contribution in [0.2, 0.25) is 0 Å². The molecule has 0 radical (unpaired) electrons. The van der Waals surface area contributed by atoms with E-state index in [2.05, 4.69) is 4.74 Å². The third-order valence-corrected chi connectivity index (χ3v) is 1.30. The van der Waals surface area contributed by atoms with Crippen molar-refractivity contribution in [3.05, 3.63) is 33.1 Å². The molecule has 1 rings (SSSR count). The minimum atomic E-state index is -0.603. The van der Waals surface area contributed by atoms with Crippen LogP contribution in [0.4, 0.5) is 0 Å². The molecular weight excluding hydrogens is 176 g/mol. The zero-order chi connectivity index (χ0) is 9.84. The van der Waals surface area contributed by atoms with E-state index in [0.29, 0.717) is 0 Å². The molecule has 0 fully saturated rings. The molecule has 0 spiro atoms. The lowest BCUT2D eigenvalue weighted by Gasteiger charge is -2.03. The van der Waals surface area contributed by atoms with Gasteiger partial charge in [0.05, 0.1) is 0 Å². The number of hydrogen-bond acceptors (Lipinski definition) is 4. The molecule has 1 aromatic heterocycles. The molecule has 0 amide bonds. The molecule has 1 N–H and O–H groups in total. The fraction of sp³-hybridized carbons (Fsp3) is 0.286. The molecule has 0 aliphatic carbocycles. The summed E-state index contributed by atoms with van der Waals surface area (Å²) in [5.41, 5.74) is -1.09. The molecule has 6 nitrogen and oxygen atoms in total. The molecule has 13 heavy (non-hydrogen) atoms. The van der Waals surface area contributed by atoms with E-state index in [-0.39, 0.29) is 6.73 Å². The molecule has 0 aliphatic rings. The van der Waals surface area contributed by atoms with Crippen molar-refractivity contribution in [1.82, 2.24) is 9.55 Å². The summed E-state index contributed by atoms with van der Waals surface area (Å²) in [4.78, 5) is 34.0. The first-order valence-corrected chi connectivity index (χ1v) is 3.53. The quantitative estimate of drug-likeness (QED) is 0.601. The lowest BCUT2D eigenvalue weighted by molar-refractivity contribution is -0.144. The second-order valence-electron chi connectivity index (χ2n) is 2.34. The average Bonchev–Trinajstić information content (AvgIpc) is 2.02. The fourth-order valence-corrected chi connectivity index (χ4v) is 0.706. The van der Waals surface area contributed by atoms with Gasteiger partial charge in [-0.15, -0.1) is 0 Å². The summed E-state index contributed by atoms with van der Waals surface area (Å²) < 4.78 is 5.62. The zero-order valence-electron chi connectivity index (χ0n) is 6.94. The van der Waals surface area contributed by atoms with Crippen molar-refractivity contribution < 1.29 is 9.53 Å². The van der Waals surface area contributed by atoms with E-state index in [1.54, 1.807) is 0 Å². The number of nitrogens with zero attached hydrogens (tertiary/aromatic N) is 1. The average molecular weight is 184 g/mol. The van der Waals surface area contributed by atoms with Crippen molar-refractivity contribution in [3.8, 4) is 0 Å². The summed E-state index contributed by atoms with van der Waals surface area (Å²) in [6.07, 6.45) is 1.25. The van der Waals surface area contributed by atoms with Crippen LogP contribution in [0.15, 0.2) is 21.9 Å². The number of H-pyrrole nitrogens is 1. The molecule has 0 aliphatic heterocycles. The van der Waals surface area contributed by atoms with Gasteiger partial charge in [-0.2, -0.15) is 0 Å². The van der Waals surface area contributed by atoms with E-state index >= 15 is 0 Å². The molecule has 70 valence electrons. The minimum Gasteiger partial charge on any atom is -0.444 e. The van der Waals surface area contributed by atoms with E-state index in [1.165, 1.54) is 19.2 Å². The number of esters is 1. The topological polar surface area (TPSA) is 81.2 Å². The van der Waals surface area contributed by atoms with E-state index in [9.17, 15) is 14.4 Å². The standard InChI is InChI=1S/C7H8N2O4/c1-5(10)13-4-9-3-2-6(11)8-7(9)12/h2-3H,4H2,1H3,(H,8,11,12). The highest BCUT2D eigenvalue weighted by molar-refractivity contribution is 5.65. The van der Waals surface area contributed by atoms with Crippen LogP contribution in [0.5, 0.6) is 0 Å². The molecule has 6 heteroatoms. The number of carbonyl (C=O) groups excluding carboxylic acids is 1. The van der Waals surface area contributed by atoms with Crippen molar-refractivity contribution in [3.63, 3.8) is 0 Å². The van der Waals surface area contributed by atoms with E-state index in [1.807, 2.05) is 4.98 Å². The number of rotatable bonds is 2. The highest BCUT2D eigenvalue weighted by Crippen LogP contribution is 1.80. The van der Waals surface area contributed by atoms with Crippen molar-refractivity contribution in [2.75, 3.05) is 0 Å². The fourth-order valence-electron chi connectivity index (χ4n) is 0.706. The molecular formula is C7H8N2O4. The molecule has 0 atom stereocenters. The molecule has 1 heterocycles. The number of nitrogens with one attached hydrogen (secondary N) is 1. The van der Waals surface area contributed by atoms with Crippen LogP contribution in [0, 0.1) is 0 Å². The third kappa shape index (κ3) is 2.58. The van der Waals surface area contributed by atoms with Gasteiger partial charge in [0.25, 0.3) is 5.56 Å². The smallest absolute Gasteiger partial charge is 0.331 e. The number of ether oxygens (including phenoxy) is 1. The van der Waals surface area contributed by atoms with Gasteiger partial charge in [0.15, 0.2) is 6.73 Å². The van der Waals surface area contributed by atoms with Gasteiger partial charge in [0.2, 0.25) is 0 Å². The van der Waals surface area contributed by atoms with Crippen molar-refractivity contribution in [2.24, 2.45) is 0 Å². The first-order chi connectivity index (χ1) is 6.09. The second-order valence-corrected chi connectivity index (χ2v) is 2.34. The Kier molecular flexibility index (Phi) is 2.63. The first-order valence-electron chi connectivity index (χ1n) is 3.53. The lowest BCUT2D eigenvalue weighted by atomic mass is 10.6. The number of hydrogen-bond donors (Lipinski definition) is 1. The number of aromatic nitrogens is 2. The molecule has 0 bridgehead atoms. The predicted octanol–water partition coefficient (Wildman–Crippen LogP) is -0.943. The Morgan fingerprint density at radius 3 is 2.85 bits per heavy atom. The van der Waals surface area contributed by atoms with Crippen LogP contribution in [-0.4, -0.2) is 15.5 Å².